The van der Waals surface area contributed by atoms with Crippen LogP contribution in [0, 0.1) is 5.82 Å². The van der Waals surface area contributed by atoms with E-state index in [1.165, 1.54) is 0 Å². The summed E-state index contributed by atoms with van der Waals surface area (Å²) in [7, 11) is 0. The molecule has 158 valence electrons. The lowest BCUT2D eigenvalue weighted by molar-refractivity contribution is -0.109. The summed E-state index contributed by atoms with van der Waals surface area (Å²) < 4.78 is 21.1. The summed E-state index contributed by atoms with van der Waals surface area (Å²) in [6.45, 7) is 4.33. The third kappa shape index (κ3) is 5.17. The first-order chi connectivity index (χ1) is 14.5. The predicted octanol–water partition coefficient (Wildman–Crippen LogP) is 4.84. The van der Waals surface area contributed by atoms with Crippen molar-refractivity contribution in [2.24, 2.45) is 0 Å². The smallest absolute Gasteiger partial charge is 0.207 e. The monoisotopic (exact) mass is 430 g/mol. The molecule has 0 saturated carbocycles. The highest BCUT2D eigenvalue weighted by Crippen LogP contribution is 2.37. The minimum Gasteiger partial charge on any atom is -0.453 e. The zero-order valence-corrected chi connectivity index (χ0v) is 17.5. The highest BCUT2D eigenvalue weighted by Gasteiger charge is 2.21. The molecule has 0 saturated heterocycles. The Morgan fingerprint density at radius 2 is 2.00 bits per heavy atom. The summed E-state index contributed by atoms with van der Waals surface area (Å²) in [5, 5.41) is 13.0. The first-order valence-electron chi connectivity index (χ1n) is 9.72. The maximum absolute atomic E-state index is 15.3. The molecule has 0 radical (unpaired) electrons. The number of aromatic amines is 1. The molecular weight excluding hydrogens is 407 g/mol. The van der Waals surface area contributed by atoms with E-state index in [4.69, 9.17) is 16.3 Å². The third-order valence-electron chi connectivity index (χ3n) is 4.74. The van der Waals surface area contributed by atoms with Gasteiger partial charge in [0.05, 0.1) is 10.7 Å². The van der Waals surface area contributed by atoms with E-state index in [0.29, 0.717) is 30.7 Å². The van der Waals surface area contributed by atoms with Gasteiger partial charge in [-0.1, -0.05) is 24.6 Å². The summed E-state index contributed by atoms with van der Waals surface area (Å²) in [4.78, 5) is 10.5. The van der Waals surface area contributed by atoms with Gasteiger partial charge in [-0.15, -0.1) is 0 Å². The number of amides is 1. The average molecular weight is 431 g/mol. The Balaban J connectivity index is 1.80. The number of hydrogen-bond donors (Lipinski definition) is 3. The van der Waals surface area contributed by atoms with E-state index in [-0.39, 0.29) is 22.9 Å². The minimum absolute atomic E-state index is 0.0117. The summed E-state index contributed by atoms with van der Waals surface area (Å²) in [6.07, 6.45) is 2.97. The van der Waals surface area contributed by atoms with E-state index in [2.05, 4.69) is 20.8 Å². The van der Waals surface area contributed by atoms with Crippen LogP contribution in [0.4, 0.5) is 4.39 Å². The standard InChI is InChI=1S/C22H24ClFN4O2/c1-3-19(27-14(2)12-25-13-29)17-8-9-18(23)22(21(17)24)30-16-6-4-15(5-7-16)20-10-11-26-28-20/h4-11,13-14,19,27H,3,12H2,1-2H3,(H,25,29)(H,26,28)/t14-,19-/m1/s1. The molecule has 3 aromatic rings. The predicted molar refractivity (Wildman–Crippen MR) is 115 cm³/mol. The molecule has 1 heterocycles. The largest absolute Gasteiger partial charge is 0.453 e. The molecule has 2 atom stereocenters. The fourth-order valence-electron chi connectivity index (χ4n) is 3.20. The van der Waals surface area contributed by atoms with Gasteiger partial charge in [-0.2, -0.15) is 5.10 Å². The van der Waals surface area contributed by atoms with Crippen molar-refractivity contribution in [2.45, 2.75) is 32.4 Å². The molecule has 1 amide bonds. The van der Waals surface area contributed by atoms with Gasteiger partial charge in [0.15, 0.2) is 11.6 Å². The third-order valence-corrected chi connectivity index (χ3v) is 5.04. The number of H-pyrrole nitrogens is 1. The zero-order chi connectivity index (χ0) is 21.5. The van der Waals surface area contributed by atoms with Crippen molar-refractivity contribution in [3.05, 3.63) is 65.1 Å². The lowest BCUT2D eigenvalue weighted by Gasteiger charge is -2.24. The summed E-state index contributed by atoms with van der Waals surface area (Å²) in [5.41, 5.74) is 2.28. The quantitative estimate of drug-likeness (QED) is 0.402. The number of carbonyl (C=O) groups excluding carboxylic acids is 1. The summed E-state index contributed by atoms with van der Waals surface area (Å²) in [6, 6.07) is 12.1. The van der Waals surface area contributed by atoms with Crippen LogP contribution < -0.4 is 15.4 Å². The van der Waals surface area contributed by atoms with Crippen LogP contribution in [0.15, 0.2) is 48.7 Å². The number of nitrogens with one attached hydrogen (secondary N) is 3. The zero-order valence-electron chi connectivity index (χ0n) is 16.8. The Bertz CT molecular complexity index is 964. The second-order valence-corrected chi connectivity index (χ2v) is 7.34. The first-order valence-corrected chi connectivity index (χ1v) is 10.1. The van der Waals surface area contributed by atoms with Gasteiger partial charge in [0.2, 0.25) is 6.41 Å². The Morgan fingerprint density at radius 1 is 1.23 bits per heavy atom. The van der Waals surface area contributed by atoms with Gasteiger partial charge in [-0.25, -0.2) is 4.39 Å². The number of halogens is 2. The number of carbonyl (C=O) groups is 1. The number of nitrogens with zero attached hydrogens (tertiary/aromatic N) is 1. The Morgan fingerprint density at radius 3 is 2.63 bits per heavy atom. The van der Waals surface area contributed by atoms with Crippen LogP contribution in [-0.4, -0.2) is 29.2 Å². The van der Waals surface area contributed by atoms with Crippen LogP contribution in [-0.2, 0) is 4.79 Å². The second-order valence-electron chi connectivity index (χ2n) is 6.93. The van der Waals surface area contributed by atoms with E-state index >= 15 is 4.39 Å². The molecule has 2 aromatic carbocycles. The van der Waals surface area contributed by atoms with Gasteiger partial charge < -0.3 is 15.4 Å². The van der Waals surface area contributed by atoms with Crippen LogP contribution in [0.2, 0.25) is 5.02 Å². The molecule has 0 aliphatic carbocycles. The van der Waals surface area contributed by atoms with Gasteiger partial charge in [-0.05, 0) is 55.3 Å². The molecule has 0 bridgehead atoms. The molecule has 0 unspecified atom stereocenters. The molecule has 1 aromatic heterocycles. The summed E-state index contributed by atoms with van der Waals surface area (Å²) >= 11 is 6.24. The molecule has 0 fully saturated rings. The molecule has 0 spiro atoms. The van der Waals surface area contributed by atoms with Gasteiger partial charge in [-0.3, -0.25) is 9.89 Å². The van der Waals surface area contributed by atoms with Gasteiger partial charge in [0.1, 0.15) is 5.75 Å². The van der Waals surface area contributed by atoms with Crippen molar-refractivity contribution in [3.8, 4) is 22.8 Å². The van der Waals surface area contributed by atoms with Crippen molar-refractivity contribution in [2.75, 3.05) is 6.54 Å². The van der Waals surface area contributed by atoms with E-state index in [1.807, 2.05) is 32.0 Å². The van der Waals surface area contributed by atoms with Gasteiger partial charge >= 0.3 is 0 Å². The van der Waals surface area contributed by atoms with Crippen molar-refractivity contribution in [1.29, 1.82) is 0 Å². The van der Waals surface area contributed by atoms with Crippen LogP contribution in [0.1, 0.15) is 31.9 Å². The van der Waals surface area contributed by atoms with E-state index in [0.717, 1.165) is 11.3 Å². The maximum Gasteiger partial charge on any atom is 0.207 e. The lowest BCUT2D eigenvalue weighted by Crippen LogP contribution is -2.38. The number of aromatic nitrogens is 2. The molecule has 6 nitrogen and oxygen atoms in total. The number of benzene rings is 2. The lowest BCUT2D eigenvalue weighted by atomic mass is 10.0. The highest BCUT2D eigenvalue weighted by molar-refractivity contribution is 6.32. The Hall–Kier alpha value is -2.90. The maximum atomic E-state index is 15.3. The number of ether oxygens (including phenoxy) is 1. The fraction of sp³-hybridized carbons (Fsp3) is 0.273. The Labute approximate surface area is 179 Å². The molecule has 3 rings (SSSR count). The first kappa shape index (κ1) is 21.8. The minimum atomic E-state index is -0.505. The number of rotatable bonds is 10. The normalized spacial score (nSPS) is 12.9. The fourth-order valence-corrected chi connectivity index (χ4v) is 3.39. The van der Waals surface area contributed by atoms with Crippen LogP contribution in [0.5, 0.6) is 11.5 Å². The average Bonchev–Trinajstić information content (AvgIpc) is 3.29. The topological polar surface area (TPSA) is 79.0 Å². The summed E-state index contributed by atoms with van der Waals surface area (Å²) in [5.74, 6) is -0.0433. The molecule has 8 heteroatoms. The number of hydrogen-bond acceptors (Lipinski definition) is 4. The van der Waals surface area contributed by atoms with Gasteiger partial charge in [0.25, 0.3) is 0 Å². The Kier molecular flexibility index (Phi) is 7.43. The van der Waals surface area contributed by atoms with E-state index in [1.54, 1.807) is 30.5 Å². The van der Waals surface area contributed by atoms with Crippen molar-refractivity contribution in [1.82, 2.24) is 20.8 Å². The molecule has 30 heavy (non-hydrogen) atoms. The van der Waals surface area contributed by atoms with Crippen LogP contribution in [0.3, 0.4) is 0 Å². The van der Waals surface area contributed by atoms with Crippen LogP contribution >= 0.6 is 11.6 Å². The molecule has 3 N–H and O–H groups in total. The van der Waals surface area contributed by atoms with Crippen LogP contribution in [0.25, 0.3) is 11.3 Å². The second kappa shape index (κ2) is 10.2. The van der Waals surface area contributed by atoms with Crippen molar-refractivity contribution in [3.63, 3.8) is 0 Å². The SMILES string of the molecule is CC[C@@H](N[C@H](C)CNC=O)c1ccc(Cl)c(Oc2ccc(-c3ccn[nH]3)cc2)c1F. The van der Waals surface area contributed by atoms with E-state index in [9.17, 15) is 4.79 Å². The molecule has 0 aliphatic heterocycles. The molecule has 0 aliphatic rings. The van der Waals surface area contributed by atoms with E-state index < -0.39 is 5.82 Å². The molecular formula is C22H24ClFN4O2. The van der Waals surface area contributed by atoms with Gasteiger partial charge in [0, 0.05) is 30.4 Å². The highest BCUT2D eigenvalue weighted by atomic mass is 35.5. The van der Waals surface area contributed by atoms with Crippen molar-refractivity contribution >= 4 is 18.0 Å². The van der Waals surface area contributed by atoms with Crippen molar-refractivity contribution < 1.29 is 13.9 Å².